The monoisotopic (exact) mass is 199 g/mol. The van der Waals surface area contributed by atoms with E-state index in [4.69, 9.17) is 0 Å². The van der Waals surface area contributed by atoms with Gasteiger partial charge in [0.1, 0.15) is 0 Å². The molecule has 13 heavy (non-hydrogen) atoms. The normalized spacial score (nSPS) is 40.8. The van der Waals surface area contributed by atoms with E-state index >= 15 is 0 Å². The van der Waals surface area contributed by atoms with E-state index in [0.717, 1.165) is 17.3 Å². The van der Waals surface area contributed by atoms with Gasteiger partial charge >= 0.3 is 0 Å². The fourth-order valence-corrected chi connectivity index (χ4v) is 3.56. The van der Waals surface area contributed by atoms with Crippen LogP contribution in [0.2, 0.25) is 0 Å². The van der Waals surface area contributed by atoms with E-state index in [9.17, 15) is 0 Å². The third-order valence-electron chi connectivity index (χ3n) is 3.63. The summed E-state index contributed by atoms with van der Waals surface area (Å²) >= 11 is 2.00. The van der Waals surface area contributed by atoms with Gasteiger partial charge in [-0.1, -0.05) is 19.3 Å². The topological polar surface area (TPSA) is 12.0 Å². The number of thioether (sulfide) groups is 1. The molecular weight excluding hydrogens is 178 g/mol. The van der Waals surface area contributed by atoms with Gasteiger partial charge in [0.05, 0.1) is 5.37 Å². The Kier molecular flexibility index (Phi) is 3.56. The molecule has 1 N–H and O–H groups in total. The van der Waals surface area contributed by atoms with Gasteiger partial charge in [-0.3, -0.25) is 0 Å². The van der Waals surface area contributed by atoms with E-state index in [0.29, 0.717) is 0 Å². The van der Waals surface area contributed by atoms with Crippen LogP contribution in [0.5, 0.6) is 0 Å². The Labute approximate surface area is 86.0 Å². The van der Waals surface area contributed by atoms with Crippen molar-refractivity contribution in [1.29, 1.82) is 0 Å². The molecule has 0 aromatic heterocycles. The summed E-state index contributed by atoms with van der Waals surface area (Å²) in [5, 5.41) is 4.57. The maximum absolute atomic E-state index is 3.83. The summed E-state index contributed by atoms with van der Waals surface area (Å²) in [5.74, 6) is 1.01. The predicted octanol–water partition coefficient (Wildman–Crippen LogP) is 3.01. The molecule has 3 atom stereocenters. The van der Waals surface area contributed by atoms with Crippen LogP contribution in [-0.4, -0.2) is 17.7 Å². The SMILES string of the molecule is CSC1CCCC2CCCCC2N1. The maximum Gasteiger partial charge on any atom is 0.0531 e. The fraction of sp³-hybridized carbons (Fsp3) is 1.00. The molecule has 1 aliphatic heterocycles. The largest absolute Gasteiger partial charge is 0.302 e. The number of nitrogens with one attached hydrogen (secondary N) is 1. The standard InChI is InChI=1S/C11H21NS/c1-13-11-8-4-6-9-5-2-3-7-10(9)12-11/h9-12H,2-8H2,1H3. The molecule has 1 aliphatic carbocycles. The summed E-state index contributed by atoms with van der Waals surface area (Å²) in [6.45, 7) is 0. The van der Waals surface area contributed by atoms with Gasteiger partial charge in [-0.15, -0.1) is 11.8 Å². The molecule has 0 aromatic carbocycles. The highest BCUT2D eigenvalue weighted by Gasteiger charge is 2.28. The summed E-state index contributed by atoms with van der Waals surface area (Å²) in [7, 11) is 0. The summed E-state index contributed by atoms with van der Waals surface area (Å²) in [6.07, 6.45) is 12.4. The molecule has 76 valence electrons. The van der Waals surface area contributed by atoms with Gasteiger partial charge in [0.25, 0.3) is 0 Å². The minimum atomic E-state index is 0.744. The summed E-state index contributed by atoms with van der Waals surface area (Å²) < 4.78 is 0. The zero-order valence-corrected chi connectivity index (χ0v) is 9.41. The lowest BCUT2D eigenvalue weighted by atomic mass is 9.82. The predicted molar refractivity (Wildman–Crippen MR) is 60.0 cm³/mol. The number of hydrogen-bond acceptors (Lipinski definition) is 2. The first-order chi connectivity index (χ1) is 6.40. The lowest BCUT2D eigenvalue weighted by Gasteiger charge is -2.31. The first-order valence-corrected chi connectivity index (χ1v) is 6.98. The average molecular weight is 199 g/mol. The smallest absolute Gasteiger partial charge is 0.0531 e. The third kappa shape index (κ3) is 2.41. The van der Waals surface area contributed by atoms with Crippen LogP contribution in [0.1, 0.15) is 44.9 Å². The molecule has 2 rings (SSSR count). The molecule has 1 saturated carbocycles. The average Bonchev–Trinajstić information content (AvgIpc) is 2.38. The third-order valence-corrected chi connectivity index (χ3v) is 4.58. The molecule has 0 spiro atoms. The van der Waals surface area contributed by atoms with Gasteiger partial charge < -0.3 is 5.32 Å². The lowest BCUT2D eigenvalue weighted by molar-refractivity contribution is 0.265. The summed E-state index contributed by atoms with van der Waals surface area (Å²) in [5.41, 5.74) is 0. The van der Waals surface area contributed by atoms with E-state index < -0.39 is 0 Å². The summed E-state index contributed by atoms with van der Waals surface area (Å²) in [4.78, 5) is 0. The van der Waals surface area contributed by atoms with Crippen LogP contribution in [0.4, 0.5) is 0 Å². The van der Waals surface area contributed by atoms with Crippen molar-refractivity contribution in [1.82, 2.24) is 5.32 Å². The minimum Gasteiger partial charge on any atom is -0.302 e. The second-order valence-corrected chi connectivity index (χ2v) is 5.51. The first kappa shape index (κ1) is 9.85. The second-order valence-electron chi connectivity index (χ2n) is 4.47. The number of rotatable bonds is 1. The lowest BCUT2D eigenvalue weighted by Crippen LogP contribution is -2.40. The van der Waals surface area contributed by atoms with Crippen molar-refractivity contribution in [3.8, 4) is 0 Å². The Morgan fingerprint density at radius 3 is 2.62 bits per heavy atom. The van der Waals surface area contributed by atoms with Crippen molar-refractivity contribution in [2.24, 2.45) is 5.92 Å². The van der Waals surface area contributed by atoms with E-state index in [1.165, 1.54) is 44.9 Å². The Hall–Kier alpha value is 0.310. The van der Waals surface area contributed by atoms with Gasteiger partial charge in [-0.2, -0.15) is 0 Å². The van der Waals surface area contributed by atoms with Gasteiger partial charge in [0.2, 0.25) is 0 Å². The Morgan fingerprint density at radius 1 is 1.00 bits per heavy atom. The number of fused-ring (bicyclic) bond motifs is 1. The van der Waals surface area contributed by atoms with E-state index in [-0.39, 0.29) is 0 Å². The zero-order valence-electron chi connectivity index (χ0n) is 8.59. The molecule has 2 heteroatoms. The van der Waals surface area contributed by atoms with Crippen LogP contribution in [0.25, 0.3) is 0 Å². The highest BCUT2D eigenvalue weighted by atomic mass is 32.2. The highest BCUT2D eigenvalue weighted by molar-refractivity contribution is 7.99. The molecule has 1 nitrogen and oxygen atoms in total. The molecule has 2 fully saturated rings. The molecule has 3 unspecified atom stereocenters. The first-order valence-electron chi connectivity index (χ1n) is 5.69. The molecule has 1 heterocycles. The van der Waals surface area contributed by atoms with Crippen molar-refractivity contribution >= 4 is 11.8 Å². The van der Waals surface area contributed by atoms with Crippen LogP contribution < -0.4 is 5.32 Å². The van der Waals surface area contributed by atoms with E-state index in [1.54, 1.807) is 0 Å². The molecule has 1 saturated heterocycles. The Morgan fingerprint density at radius 2 is 1.77 bits per heavy atom. The molecular formula is C11H21NS. The van der Waals surface area contributed by atoms with Crippen LogP contribution in [0, 0.1) is 5.92 Å². The van der Waals surface area contributed by atoms with E-state index in [1.807, 2.05) is 11.8 Å². The number of hydrogen-bond donors (Lipinski definition) is 1. The maximum atomic E-state index is 3.83. The van der Waals surface area contributed by atoms with Crippen molar-refractivity contribution in [3.05, 3.63) is 0 Å². The van der Waals surface area contributed by atoms with Gasteiger partial charge in [-0.25, -0.2) is 0 Å². The van der Waals surface area contributed by atoms with Crippen LogP contribution in [0.3, 0.4) is 0 Å². The second kappa shape index (κ2) is 4.70. The van der Waals surface area contributed by atoms with Crippen LogP contribution in [0.15, 0.2) is 0 Å². The van der Waals surface area contributed by atoms with Crippen molar-refractivity contribution in [2.45, 2.75) is 56.4 Å². The molecule has 0 bridgehead atoms. The van der Waals surface area contributed by atoms with Gasteiger partial charge in [0, 0.05) is 6.04 Å². The summed E-state index contributed by atoms with van der Waals surface area (Å²) in [6, 6.07) is 0.855. The van der Waals surface area contributed by atoms with Crippen molar-refractivity contribution in [3.63, 3.8) is 0 Å². The quantitative estimate of drug-likeness (QED) is 0.697. The molecule has 0 amide bonds. The highest BCUT2D eigenvalue weighted by Crippen LogP contribution is 2.32. The molecule has 0 aromatic rings. The van der Waals surface area contributed by atoms with Crippen LogP contribution in [-0.2, 0) is 0 Å². The van der Waals surface area contributed by atoms with Crippen LogP contribution >= 0.6 is 11.8 Å². The Balaban J connectivity index is 1.94. The molecule has 2 aliphatic rings. The van der Waals surface area contributed by atoms with E-state index in [2.05, 4.69) is 11.6 Å². The van der Waals surface area contributed by atoms with Crippen molar-refractivity contribution in [2.75, 3.05) is 6.26 Å². The zero-order chi connectivity index (χ0) is 9.10. The molecule has 0 radical (unpaired) electrons. The fourth-order valence-electron chi connectivity index (χ4n) is 2.85. The van der Waals surface area contributed by atoms with Gasteiger partial charge in [0.15, 0.2) is 0 Å². The van der Waals surface area contributed by atoms with Gasteiger partial charge in [-0.05, 0) is 37.9 Å². The minimum absolute atomic E-state index is 0.744. The Bertz CT molecular complexity index is 160. The van der Waals surface area contributed by atoms with Crippen molar-refractivity contribution < 1.29 is 0 Å².